The van der Waals surface area contributed by atoms with Crippen molar-refractivity contribution in [1.82, 2.24) is 0 Å². The molecule has 0 spiro atoms. The van der Waals surface area contributed by atoms with Gasteiger partial charge in [0.15, 0.2) is 5.78 Å². The van der Waals surface area contributed by atoms with Gasteiger partial charge in [0.25, 0.3) is 0 Å². The quantitative estimate of drug-likeness (QED) is 0.301. The Morgan fingerprint density at radius 2 is 1.50 bits per heavy atom. The van der Waals surface area contributed by atoms with Crippen molar-refractivity contribution in [3.63, 3.8) is 0 Å². The zero-order valence-corrected chi connectivity index (χ0v) is 21.5. The van der Waals surface area contributed by atoms with Gasteiger partial charge in [-0.3, -0.25) is 14.5 Å². The van der Waals surface area contributed by atoms with E-state index in [2.05, 4.69) is 18.2 Å². The van der Waals surface area contributed by atoms with Crippen LogP contribution in [0.4, 0.5) is 5.69 Å². The summed E-state index contributed by atoms with van der Waals surface area (Å²) in [6.07, 6.45) is 1.21. The summed E-state index contributed by atoms with van der Waals surface area (Å²) >= 11 is 0. The molecule has 1 aliphatic heterocycles. The second kappa shape index (κ2) is 9.82. The van der Waals surface area contributed by atoms with Crippen molar-refractivity contribution in [3.8, 4) is 11.5 Å². The van der Waals surface area contributed by atoms with Gasteiger partial charge >= 0.3 is 0 Å². The van der Waals surface area contributed by atoms with E-state index < -0.39 is 0 Å². The third-order valence-electron chi connectivity index (χ3n) is 7.81. The maximum absolute atomic E-state index is 14.0. The molecule has 2 aliphatic rings. The summed E-state index contributed by atoms with van der Waals surface area (Å²) in [5, 5.41) is 2.17. The molecule has 1 aliphatic carbocycles. The highest BCUT2D eigenvalue weighted by molar-refractivity contribution is 6.08. The Morgan fingerprint density at radius 1 is 0.737 bits per heavy atom. The summed E-state index contributed by atoms with van der Waals surface area (Å²) < 4.78 is 11.1. The molecule has 0 fully saturated rings. The third kappa shape index (κ3) is 4.14. The predicted molar refractivity (Wildman–Crippen MR) is 149 cm³/mol. The molecule has 5 nitrogen and oxygen atoms in total. The molecule has 1 heterocycles. The molecular formula is C33H29NO4. The van der Waals surface area contributed by atoms with Crippen LogP contribution in [0.15, 0.2) is 102 Å². The Balaban J connectivity index is 1.52. The Bertz CT molecular complexity index is 1570. The van der Waals surface area contributed by atoms with Gasteiger partial charge in [0, 0.05) is 47.3 Å². The molecule has 190 valence electrons. The van der Waals surface area contributed by atoms with Crippen LogP contribution in [0.25, 0.3) is 10.8 Å². The first-order valence-corrected chi connectivity index (χ1v) is 12.9. The van der Waals surface area contributed by atoms with Crippen molar-refractivity contribution < 1.29 is 19.1 Å². The molecule has 1 amide bonds. The largest absolute Gasteiger partial charge is 0.497 e. The van der Waals surface area contributed by atoms with Crippen LogP contribution >= 0.6 is 0 Å². The van der Waals surface area contributed by atoms with E-state index >= 15 is 0 Å². The van der Waals surface area contributed by atoms with Gasteiger partial charge < -0.3 is 9.47 Å². The number of hydrogen-bond acceptors (Lipinski definition) is 4. The Hall–Kier alpha value is -4.38. The number of allylic oxidation sites excluding steroid dienone is 2. The van der Waals surface area contributed by atoms with Crippen molar-refractivity contribution in [3.05, 3.63) is 113 Å². The van der Waals surface area contributed by atoms with Crippen LogP contribution in [-0.2, 0) is 9.59 Å². The Kier molecular flexibility index (Phi) is 6.20. The fraction of sp³-hybridized carbons (Fsp3) is 0.212. The number of Topliss-reactive ketones (excluding diaryl/α,β-unsaturated/α-hetero) is 1. The third-order valence-corrected chi connectivity index (χ3v) is 7.81. The summed E-state index contributed by atoms with van der Waals surface area (Å²) in [6.45, 7) is 0. The molecule has 4 aromatic carbocycles. The lowest BCUT2D eigenvalue weighted by Gasteiger charge is -2.40. The van der Waals surface area contributed by atoms with E-state index in [0.29, 0.717) is 29.9 Å². The molecule has 0 N–H and O–H groups in total. The van der Waals surface area contributed by atoms with Crippen molar-refractivity contribution >= 4 is 28.2 Å². The fourth-order valence-corrected chi connectivity index (χ4v) is 5.98. The van der Waals surface area contributed by atoms with Gasteiger partial charge in [0.1, 0.15) is 11.5 Å². The molecular weight excluding hydrogens is 474 g/mol. The molecule has 38 heavy (non-hydrogen) atoms. The average Bonchev–Trinajstić information content (AvgIpc) is 2.96. The van der Waals surface area contributed by atoms with Crippen LogP contribution in [0.3, 0.4) is 0 Å². The highest BCUT2D eigenvalue weighted by Crippen LogP contribution is 2.49. The summed E-state index contributed by atoms with van der Waals surface area (Å²) in [6, 6.07) is 29.9. The molecule has 0 radical (unpaired) electrons. The number of amides is 1. The number of rotatable bonds is 5. The molecule has 0 bridgehead atoms. The van der Waals surface area contributed by atoms with E-state index in [0.717, 1.165) is 33.3 Å². The van der Waals surface area contributed by atoms with Gasteiger partial charge in [-0.05, 0) is 46.9 Å². The highest BCUT2D eigenvalue weighted by Gasteiger charge is 2.43. The van der Waals surface area contributed by atoms with Gasteiger partial charge in [0.2, 0.25) is 5.91 Å². The topological polar surface area (TPSA) is 55.8 Å². The van der Waals surface area contributed by atoms with Crippen molar-refractivity contribution in [2.24, 2.45) is 0 Å². The average molecular weight is 504 g/mol. The number of methoxy groups -OCH3 is 2. The standard InChI is InChI=1S/C33H29NO4/c1-37-26-14-15-27(31(19-26)38-2)28-20-32(36)34(25-13-12-22-10-6-7-11-23(22)16-25)29-17-24(18-30(35)33(28)29)21-8-4-3-5-9-21/h3-16,19,24,28H,17-18,20H2,1-2H3. The van der Waals surface area contributed by atoms with Gasteiger partial charge in [-0.15, -0.1) is 0 Å². The van der Waals surface area contributed by atoms with Gasteiger partial charge in [-0.25, -0.2) is 0 Å². The summed E-state index contributed by atoms with van der Waals surface area (Å²) in [7, 11) is 3.21. The summed E-state index contributed by atoms with van der Waals surface area (Å²) in [5.41, 5.74) is 4.25. The van der Waals surface area contributed by atoms with Gasteiger partial charge in [0.05, 0.1) is 14.2 Å². The van der Waals surface area contributed by atoms with E-state index in [9.17, 15) is 9.59 Å². The van der Waals surface area contributed by atoms with E-state index in [1.807, 2.05) is 72.8 Å². The lowest BCUT2D eigenvalue weighted by Crippen LogP contribution is -2.41. The van der Waals surface area contributed by atoms with Gasteiger partial charge in [-0.1, -0.05) is 66.7 Å². The lowest BCUT2D eigenvalue weighted by atomic mass is 9.72. The molecule has 0 saturated heterocycles. The first-order chi connectivity index (χ1) is 18.6. The van der Waals surface area contributed by atoms with E-state index in [1.165, 1.54) is 0 Å². The SMILES string of the molecule is COc1ccc(C2CC(=O)N(c3ccc4ccccc4c3)C3=C2C(=O)CC(c2ccccc2)C3)c(OC)c1. The van der Waals surface area contributed by atoms with Crippen LogP contribution in [0.5, 0.6) is 11.5 Å². The lowest BCUT2D eigenvalue weighted by molar-refractivity contribution is -0.120. The molecule has 4 aromatic rings. The summed E-state index contributed by atoms with van der Waals surface area (Å²) in [4.78, 5) is 29.7. The number of carbonyl (C=O) groups is 2. The first kappa shape index (κ1) is 24.0. The van der Waals surface area contributed by atoms with Crippen LogP contribution in [0.2, 0.25) is 0 Å². The van der Waals surface area contributed by atoms with E-state index in [4.69, 9.17) is 9.47 Å². The minimum atomic E-state index is -0.376. The second-order valence-corrected chi connectivity index (χ2v) is 9.92. The van der Waals surface area contributed by atoms with Crippen molar-refractivity contribution in [2.75, 3.05) is 19.1 Å². The van der Waals surface area contributed by atoms with Crippen LogP contribution in [-0.4, -0.2) is 25.9 Å². The van der Waals surface area contributed by atoms with Crippen molar-refractivity contribution in [1.29, 1.82) is 0 Å². The Morgan fingerprint density at radius 3 is 2.26 bits per heavy atom. The van der Waals surface area contributed by atoms with Crippen LogP contribution in [0, 0.1) is 0 Å². The number of fused-ring (bicyclic) bond motifs is 1. The molecule has 2 unspecified atom stereocenters. The zero-order valence-electron chi connectivity index (χ0n) is 21.5. The maximum Gasteiger partial charge on any atom is 0.232 e. The number of carbonyl (C=O) groups excluding carboxylic acids is 2. The van der Waals surface area contributed by atoms with E-state index in [-0.39, 0.29) is 29.9 Å². The maximum atomic E-state index is 14.0. The number of hydrogen-bond donors (Lipinski definition) is 0. The second-order valence-electron chi connectivity index (χ2n) is 9.92. The minimum absolute atomic E-state index is 0.00900. The number of nitrogens with zero attached hydrogens (tertiary/aromatic N) is 1. The molecule has 6 rings (SSSR count). The number of benzene rings is 4. The molecule has 2 atom stereocenters. The fourth-order valence-electron chi connectivity index (χ4n) is 5.98. The number of anilines is 1. The number of ketones is 1. The minimum Gasteiger partial charge on any atom is -0.497 e. The van der Waals surface area contributed by atoms with Crippen LogP contribution < -0.4 is 14.4 Å². The molecule has 0 saturated carbocycles. The molecule has 0 aromatic heterocycles. The Labute approximate surface area is 222 Å². The monoisotopic (exact) mass is 503 g/mol. The predicted octanol–water partition coefficient (Wildman–Crippen LogP) is 6.78. The van der Waals surface area contributed by atoms with Crippen LogP contribution in [0.1, 0.15) is 42.2 Å². The van der Waals surface area contributed by atoms with E-state index in [1.54, 1.807) is 19.1 Å². The first-order valence-electron chi connectivity index (χ1n) is 12.9. The number of ether oxygens (including phenoxy) is 2. The normalized spacial score (nSPS) is 19.5. The summed E-state index contributed by atoms with van der Waals surface area (Å²) in [5.74, 6) is 0.976. The molecule has 5 heteroatoms. The van der Waals surface area contributed by atoms with Crippen molar-refractivity contribution in [2.45, 2.75) is 31.1 Å². The van der Waals surface area contributed by atoms with Gasteiger partial charge in [-0.2, -0.15) is 0 Å². The zero-order chi connectivity index (χ0) is 26.2. The highest BCUT2D eigenvalue weighted by atomic mass is 16.5. The smallest absolute Gasteiger partial charge is 0.232 e.